The molecule has 2 fully saturated rings. The zero-order valence-corrected chi connectivity index (χ0v) is 12.8. The Morgan fingerprint density at radius 2 is 2.27 bits per heavy atom. The molecular formula is C15H21F2N3O2. The van der Waals surface area contributed by atoms with E-state index in [1.165, 1.54) is 12.3 Å². The van der Waals surface area contributed by atoms with E-state index in [0.717, 1.165) is 23.9 Å². The average Bonchev–Trinajstić information content (AvgIpc) is 3.03. The minimum Gasteiger partial charge on any atom is -0.368 e. The SMILES string of the molecule is CC1(C)CN(C(=O)c2ccnn2CC(F)F)[C@@H]2CCC[C@H]2O1. The van der Waals surface area contributed by atoms with Crippen molar-refractivity contribution in [3.8, 4) is 0 Å². The molecular weight excluding hydrogens is 292 g/mol. The van der Waals surface area contributed by atoms with Crippen molar-refractivity contribution in [2.24, 2.45) is 0 Å². The Bertz CT molecular complexity index is 559. The predicted octanol–water partition coefficient (Wildman–Crippen LogP) is 2.32. The average molecular weight is 313 g/mol. The van der Waals surface area contributed by atoms with Crippen LogP contribution in [0.1, 0.15) is 43.6 Å². The molecule has 0 N–H and O–H groups in total. The van der Waals surface area contributed by atoms with Gasteiger partial charge in [-0.1, -0.05) is 0 Å². The summed E-state index contributed by atoms with van der Waals surface area (Å²) in [6, 6.07) is 1.55. The Hall–Kier alpha value is -1.50. The number of hydrogen-bond acceptors (Lipinski definition) is 3. The summed E-state index contributed by atoms with van der Waals surface area (Å²) in [5.41, 5.74) is -0.196. The normalized spacial score (nSPS) is 27.2. The second-order valence-corrected chi connectivity index (χ2v) is 6.64. The van der Waals surface area contributed by atoms with Crippen molar-refractivity contribution in [3.05, 3.63) is 18.0 Å². The summed E-state index contributed by atoms with van der Waals surface area (Å²) >= 11 is 0. The summed E-state index contributed by atoms with van der Waals surface area (Å²) < 4.78 is 32.4. The third-order valence-electron chi connectivity index (χ3n) is 4.35. The Morgan fingerprint density at radius 3 is 3.00 bits per heavy atom. The van der Waals surface area contributed by atoms with E-state index in [2.05, 4.69) is 5.10 Å². The molecule has 2 atom stereocenters. The number of ether oxygens (including phenoxy) is 1. The number of aromatic nitrogens is 2. The standard InChI is InChI=1S/C15H21F2N3O2/c1-15(2)9-19(10-4-3-5-12(10)22-15)14(21)11-6-7-18-20(11)8-13(16)17/h6-7,10,12-13H,3-5,8-9H2,1-2H3/t10-,12-/m1/s1. The van der Waals surface area contributed by atoms with Crippen LogP contribution in [-0.4, -0.2) is 51.3 Å². The molecule has 5 nitrogen and oxygen atoms in total. The molecule has 1 aliphatic carbocycles. The van der Waals surface area contributed by atoms with E-state index in [9.17, 15) is 13.6 Å². The highest BCUT2D eigenvalue weighted by Gasteiger charge is 2.45. The molecule has 0 aromatic carbocycles. The van der Waals surface area contributed by atoms with E-state index in [-0.39, 0.29) is 23.7 Å². The molecule has 1 amide bonds. The van der Waals surface area contributed by atoms with E-state index in [4.69, 9.17) is 4.74 Å². The Balaban J connectivity index is 1.85. The first-order chi connectivity index (χ1) is 10.4. The summed E-state index contributed by atoms with van der Waals surface area (Å²) in [4.78, 5) is 14.7. The van der Waals surface area contributed by atoms with Gasteiger partial charge in [0.2, 0.25) is 0 Å². The van der Waals surface area contributed by atoms with Crippen LogP contribution >= 0.6 is 0 Å². The summed E-state index contributed by atoms with van der Waals surface area (Å²) in [7, 11) is 0. The lowest BCUT2D eigenvalue weighted by Gasteiger charge is -2.46. The second-order valence-electron chi connectivity index (χ2n) is 6.64. The molecule has 1 aliphatic heterocycles. The Kier molecular flexibility index (Phi) is 3.92. The molecule has 0 bridgehead atoms. The third-order valence-corrected chi connectivity index (χ3v) is 4.35. The fourth-order valence-corrected chi connectivity index (χ4v) is 3.54. The third kappa shape index (κ3) is 2.86. The fraction of sp³-hybridized carbons (Fsp3) is 0.733. The number of carbonyl (C=O) groups excluding carboxylic acids is 1. The van der Waals surface area contributed by atoms with Gasteiger partial charge in [0.05, 0.1) is 17.7 Å². The number of hydrogen-bond donors (Lipinski definition) is 0. The van der Waals surface area contributed by atoms with Gasteiger partial charge in [0.1, 0.15) is 12.2 Å². The van der Waals surface area contributed by atoms with Crippen molar-refractivity contribution in [1.82, 2.24) is 14.7 Å². The monoisotopic (exact) mass is 313 g/mol. The van der Waals surface area contributed by atoms with Crippen LogP contribution in [0.5, 0.6) is 0 Å². The summed E-state index contributed by atoms with van der Waals surface area (Å²) in [6.45, 7) is 3.82. The molecule has 1 saturated heterocycles. The number of alkyl halides is 2. The smallest absolute Gasteiger partial charge is 0.272 e. The van der Waals surface area contributed by atoms with Crippen LogP contribution in [0, 0.1) is 0 Å². The maximum Gasteiger partial charge on any atom is 0.272 e. The zero-order chi connectivity index (χ0) is 15.9. The van der Waals surface area contributed by atoms with Gasteiger partial charge in [0.15, 0.2) is 0 Å². The first kappa shape index (κ1) is 15.4. The number of nitrogens with zero attached hydrogens (tertiary/aromatic N) is 3. The molecule has 0 spiro atoms. The van der Waals surface area contributed by atoms with Crippen LogP contribution in [0.25, 0.3) is 0 Å². The summed E-state index contributed by atoms with van der Waals surface area (Å²) in [6.07, 6.45) is 1.76. The summed E-state index contributed by atoms with van der Waals surface area (Å²) in [5, 5.41) is 3.85. The van der Waals surface area contributed by atoms with Gasteiger partial charge in [0, 0.05) is 12.7 Å². The Labute approximate surface area is 128 Å². The molecule has 22 heavy (non-hydrogen) atoms. The molecule has 2 heterocycles. The first-order valence-electron chi connectivity index (χ1n) is 7.66. The van der Waals surface area contributed by atoms with Gasteiger partial charge in [-0.05, 0) is 39.2 Å². The molecule has 0 unspecified atom stereocenters. The van der Waals surface area contributed by atoms with Crippen LogP contribution < -0.4 is 0 Å². The molecule has 2 aliphatic rings. The number of rotatable bonds is 3. The number of amides is 1. The maximum absolute atomic E-state index is 12.9. The lowest BCUT2D eigenvalue weighted by Crippen LogP contribution is -2.58. The van der Waals surface area contributed by atoms with Crippen molar-refractivity contribution in [2.75, 3.05) is 6.54 Å². The number of carbonyl (C=O) groups is 1. The van der Waals surface area contributed by atoms with Crippen molar-refractivity contribution in [2.45, 2.75) is 63.8 Å². The van der Waals surface area contributed by atoms with Crippen LogP contribution in [0.4, 0.5) is 8.78 Å². The second kappa shape index (κ2) is 5.61. The van der Waals surface area contributed by atoms with E-state index < -0.39 is 18.6 Å². The van der Waals surface area contributed by atoms with E-state index in [0.29, 0.717) is 6.54 Å². The lowest BCUT2D eigenvalue weighted by molar-refractivity contribution is -0.142. The highest BCUT2D eigenvalue weighted by Crippen LogP contribution is 2.36. The van der Waals surface area contributed by atoms with E-state index in [1.807, 2.05) is 13.8 Å². The predicted molar refractivity (Wildman–Crippen MR) is 75.9 cm³/mol. The number of fused-ring (bicyclic) bond motifs is 1. The van der Waals surface area contributed by atoms with E-state index in [1.54, 1.807) is 4.90 Å². The number of morpholine rings is 1. The fourth-order valence-electron chi connectivity index (χ4n) is 3.54. The highest BCUT2D eigenvalue weighted by atomic mass is 19.3. The van der Waals surface area contributed by atoms with Gasteiger partial charge in [-0.25, -0.2) is 8.78 Å². The Morgan fingerprint density at radius 1 is 1.50 bits per heavy atom. The minimum absolute atomic E-state index is 0.0374. The topological polar surface area (TPSA) is 47.4 Å². The van der Waals surface area contributed by atoms with Crippen molar-refractivity contribution in [3.63, 3.8) is 0 Å². The van der Waals surface area contributed by atoms with Crippen LogP contribution in [0.3, 0.4) is 0 Å². The molecule has 7 heteroatoms. The molecule has 122 valence electrons. The molecule has 1 aromatic rings. The quantitative estimate of drug-likeness (QED) is 0.860. The van der Waals surface area contributed by atoms with Gasteiger partial charge >= 0.3 is 0 Å². The lowest BCUT2D eigenvalue weighted by atomic mass is 10.0. The molecule has 1 aromatic heterocycles. The van der Waals surface area contributed by atoms with Crippen LogP contribution in [0.2, 0.25) is 0 Å². The largest absolute Gasteiger partial charge is 0.368 e. The van der Waals surface area contributed by atoms with Gasteiger partial charge in [-0.3, -0.25) is 9.48 Å². The molecule has 0 radical (unpaired) electrons. The van der Waals surface area contributed by atoms with Crippen molar-refractivity contribution in [1.29, 1.82) is 0 Å². The van der Waals surface area contributed by atoms with Crippen molar-refractivity contribution < 1.29 is 18.3 Å². The van der Waals surface area contributed by atoms with Gasteiger partial charge < -0.3 is 9.64 Å². The molecule has 3 rings (SSSR count). The van der Waals surface area contributed by atoms with Gasteiger partial charge in [-0.2, -0.15) is 5.10 Å². The van der Waals surface area contributed by atoms with Gasteiger partial charge in [-0.15, -0.1) is 0 Å². The maximum atomic E-state index is 12.9. The number of halogens is 2. The first-order valence-corrected chi connectivity index (χ1v) is 7.66. The summed E-state index contributed by atoms with van der Waals surface area (Å²) in [5.74, 6) is -0.230. The molecule has 1 saturated carbocycles. The van der Waals surface area contributed by atoms with E-state index >= 15 is 0 Å². The van der Waals surface area contributed by atoms with Crippen LogP contribution in [-0.2, 0) is 11.3 Å². The van der Waals surface area contributed by atoms with Gasteiger partial charge in [0.25, 0.3) is 12.3 Å². The van der Waals surface area contributed by atoms with Crippen LogP contribution in [0.15, 0.2) is 12.3 Å². The zero-order valence-electron chi connectivity index (χ0n) is 12.8. The van der Waals surface area contributed by atoms with Crippen molar-refractivity contribution >= 4 is 5.91 Å². The minimum atomic E-state index is -2.54. The highest BCUT2D eigenvalue weighted by molar-refractivity contribution is 5.93.